The summed E-state index contributed by atoms with van der Waals surface area (Å²) in [5, 5.41) is 18.7. The van der Waals surface area contributed by atoms with Crippen LogP contribution in [0.5, 0.6) is 0 Å². The number of aromatic nitrogens is 2. The summed E-state index contributed by atoms with van der Waals surface area (Å²) in [5.41, 5.74) is -2.08. The highest BCUT2D eigenvalue weighted by atomic mass is 19.1. The number of hydrogen-bond donors (Lipinski definition) is 2. The van der Waals surface area contributed by atoms with Crippen molar-refractivity contribution >= 4 is 5.78 Å². The largest absolute Gasteiger partial charge is 0.394 e. The molecular weight excluding hydrogens is 299 g/mol. The molecule has 22 heavy (non-hydrogen) atoms. The molecule has 0 radical (unpaired) electrons. The number of carbonyl (C=O) groups is 1. The van der Waals surface area contributed by atoms with Crippen molar-refractivity contribution in [3.05, 3.63) is 32.9 Å². The van der Waals surface area contributed by atoms with Crippen LogP contribution in [0.3, 0.4) is 0 Å². The minimum absolute atomic E-state index is 0.0372. The Bertz CT molecular complexity index is 682. The Labute approximate surface area is 124 Å². The van der Waals surface area contributed by atoms with Gasteiger partial charge in [-0.3, -0.25) is 18.7 Å². The predicted octanol–water partition coefficient (Wildman–Crippen LogP) is -1.23. The van der Waals surface area contributed by atoms with E-state index in [1.165, 1.54) is 0 Å². The second-order valence-electron chi connectivity index (χ2n) is 5.07. The fourth-order valence-corrected chi connectivity index (χ4v) is 2.27. The van der Waals surface area contributed by atoms with Crippen LogP contribution < -0.4 is 11.2 Å². The Balaban J connectivity index is 2.44. The molecule has 122 valence electrons. The standard InChI is InChI=1S/C13H17FN2O6/c1-2-7(18)4-16-12(20)8(14)5-15(13(16)21)11-3-9(19)10(6-17)22-11/h5,9-11,17,19H,2-4,6H2,1H3/t9-,10+,11+/m0/s1. The third kappa shape index (κ3) is 3.01. The summed E-state index contributed by atoms with van der Waals surface area (Å²) < 4.78 is 20.3. The molecule has 0 bridgehead atoms. The van der Waals surface area contributed by atoms with Gasteiger partial charge in [0.1, 0.15) is 12.3 Å². The lowest BCUT2D eigenvalue weighted by molar-refractivity contribution is -0.119. The van der Waals surface area contributed by atoms with Crippen LogP contribution in [0.25, 0.3) is 0 Å². The molecule has 1 aliphatic rings. The number of Topliss-reactive ketones (excluding diaryl/α,β-unsaturated/α-hetero) is 1. The van der Waals surface area contributed by atoms with E-state index in [1.54, 1.807) is 6.92 Å². The van der Waals surface area contributed by atoms with E-state index in [9.17, 15) is 23.9 Å². The van der Waals surface area contributed by atoms with Gasteiger partial charge < -0.3 is 14.9 Å². The van der Waals surface area contributed by atoms with Crippen LogP contribution in [0, 0.1) is 5.82 Å². The summed E-state index contributed by atoms with van der Waals surface area (Å²) in [5.74, 6) is -1.59. The van der Waals surface area contributed by atoms with Crippen molar-refractivity contribution in [3.63, 3.8) is 0 Å². The van der Waals surface area contributed by atoms with Gasteiger partial charge in [0.25, 0.3) is 5.56 Å². The van der Waals surface area contributed by atoms with Crippen molar-refractivity contribution in [3.8, 4) is 0 Å². The van der Waals surface area contributed by atoms with Gasteiger partial charge in [-0.25, -0.2) is 4.79 Å². The van der Waals surface area contributed by atoms with E-state index in [-0.39, 0.29) is 12.8 Å². The van der Waals surface area contributed by atoms with E-state index in [0.29, 0.717) is 10.8 Å². The lowest BCUT2D eigenvalue weighted by Crippen LogP contribution is -2.43. The van der Waals surface area contributed by atoms with E-state index in [1.807, 2.05) is 0 Å². The molecule has 2 rings (SSSR count). The summed E-state index contributed by atoms with van der Waals surface area (Å²) in [4.78, 5) is 35.4. The Hall–Kier alpha value is -1.84. The number of ether oxygens (including phenoxy) is 1. The van der Waals surface area contributed by atoms with Crippen molar-refractivity contribution in [1.29, 1.82) is 0 Å². The smallest absolute Gasteiger partial charge is 0.333 e. The SMILES string of the molecule is CCC(=O)Cn1c(=O)c(F)cn([C@H]2C[C@H](O)[C@@H](CO)O2)c1=O. The first-order chi connectivity index (χ1) is 10.4. The van der Waals surface area contributed by atoms with Gasteiger partial charge in [-0.05, 0) is 0 Å². The van der Waals surface area contributed by atoms with Gasteiger partial charge in [0.05, 0.1) is 25.5 Å². The van der Waals surface area contributed by atoms with E-state index < -0.39 is 54.4 Å². The van der Waals surface area contributed by atoms with Crippen LogP contribution >= 0.6 is 0 Å². The highest BCUT2D eigenvalue weighted by molar-refractivity contribution is 5.77. The Morgan fingerprint density at radius 2 is 2.18 bits per heavy atom. The summed E-state index contributed by atoms with van der Waals surface area (Å²) in [7, 11) is 0. The second-order valence-corrected chi connectivity index (χ2v) is 5.07. The number of halogens is 1. The maximum Gasteiger partial charge on any atom is 0.333 e. The van der Waals surface area contributed by atoms with Gasteiger partial charge in [0.2, 0.25) is 5.82 Å². The Morgan fingerprint density at radius 1 is 1.50 bits per heavy atom. The average Bonchev–Trinajstić information content (AvgIpc) is 2.87. The summed E-state index contributed by atoms with van der Waals surface area (Å²) >= 11 is 0. The minimum atomic E-state index is -1.20. The molecule has 0 amide bonds. The lowest BCUT2D eigenvalue weighted by atomic mass is 10.2. The summed E-state index contributed by atoms with van der Waals surface area (Å²) in [6.07, 6.45) is -2.16. The summed E-state index contributed by atoms with van der Waals surface area (Å²) in [6, 6.07) is 0. The Kier molecular flexibility index (Phi) is 4.89. The molecule has 1 aromatic rings. The molecule has 0 saturated carbocycles. The number of aliphatic hydroxyl groups excluding tert-OH is 2. The lowest BCUT2D eigenvalue weighted by Gasteiger charge is -2.16. The first-order valence-electron chi connectivity index (χ1n) is 6.86. The Morgan fingerprint density at radius 3 is 2.73 bits per heavy atom. The summed E-state index contributed by atoms with van der Waals surface area (Å²) in [6.45, 7) is 0.584. The van der Waals surface area contributed by atoms with Crippen molar-refractivity contribution in [2.24, 2.45) is 0 Å². The van der Waals surface area contributed by atoms with E-state index in [0.717, 1.165) is 4.57 Å². The first-order valence-corrected chi connectivity index (χ1v) is 6.86. The van der Waals surface area contributed by atoms with Crippen LogP contribution in [-0.2, 0) is 16.1 Å². The molecule has 0 aliphatic carbocycles. The van der Waals surface area contributed by atoms with Crippen molar-refractivity contribution in [2.75, 3.05) is 6.61 Å². The van der Waals surface area contributed by atoms with Gasteiger partial charge in [-0.15, -0.1) is 0 Å². The van der Waals surface area contributed by atoms with Gasteiger partial charge in [-0.2, -0.15) is 4.39 Å². The third-order valence-electron chi connectivity index (χ3n) is 3.58. The first kappa shape index (κ1) is 16.5. The number of hydrogen-bond acceptors (Lipinski definition) is 6. The molecular formula is C13H17FN2O6. The molecule has 2 heterocycles. The van der Waals surface area contributed by atoms with Crippen LogP contribution in [0.2, 0.25) is 0 Å². The van der Waals surface area contributed by atoms with Gasteiger partial charge in [0, 0.05) is 12.8 Å². The molecule has 1 fully saturated rings. The van der Waals surface area contributed by atoms with E-state index in [4.69, 9.17) is 9.84 Å². The number of carbonyl (C=O) groups excluding carboxylic acids is 1. The van der Waals surface area contributed by atoms with Gasteiger partial charge in [0.15, 0.2) is 5.78 Å². The topological polar surface area (TPSA) is 111 Å². The molecule has 0 spiro atoms. The monoisotopic (exact) mass is 316 g/mol. The van der Waals surface area contributed by atoms with Gasteiger partial charge in [-0.1, -0.05) is 6.92 Å². The highest BCUT2D eigenvalue weighted by Crippen LogP contribution is 2.27. The zero-order chi connectivity index (χ0) is 16.4. The molecule has 1 saturated heterocycles. The second kappa shape index (κ2) is 6.51. The third-order valence-corrected chi connectivity index (χ3v) is 3.58. The van der Waals surface area contributed by atoms with Crippen LogP contribution in [0.1, 0.15) is 26.0 Å². The zero-order valence-electron chi connectivity index (χ0n) is 11.9. The van der Waals surface area contributed by atoms with Crippen LogP contribution in [0.4, 0.5) is 4.39 Å². The highest BCUT2D eigenvalue weighted by Gasteiger charge is 2.35. The van der Waals surface area contributed by atoms with Crippen molar-refractivity contribution < 1.29 is 24.1 Å². The molecule has 0 aromatic carbocycles. The fourth-order valence-electron chi connectivity index (χ4n) is 2.27. The maximum absolute atomic E-state index is 13.7. The van der Waals surface area contributed by atoms with E-state index >= 15 is 0 Å². The quantitative estimate of drug-likeness (QED) is 0.703. The molecule has 3 atom stereocenters. The zero-order valence-corrected chi connectivity index (χ0v) is 11.9. The number of ketones is 1. The number of aliphatic hydroxyl groups is 2. The number of rotatable bonds is 5. The molecule has 1 aliphatic heterocycles. The van der Waals surface area contributed by atoms with Crippen molar-refractivity contribution in [2.45, 2.75) is 44.7 Å². The molecule has 1 aromatic heterocycles. The molecule has 8 nitrogen and oxygen atoms in total. The number of nitrogens with zero attached hydrogens (tertiary/aromatic N) is 2. The van der Waals surface area contributed by atoms with Crippen LogP contribution in [-0.4, -0.2) is 43.9 Å². The predicted molar refractivity (Wildman–Crippen MR) is 71.8 cm³/mol. The average molecular weight is 316 g/mol. The molecule has 9 heteroatoms. The maximum atomic E-state index is 13.7. The molecule has 0 unspecified atom stereocenters. The van der Waals surface area contributed by atoms with Crippen LogP contribution in [0.15, 0.2) is 15.8 Å². The van der Waals surface area contributed by atoms with Gasteiger partial charge >= 0.3 is 5.69 Å². The van der Waals surface area contributed by atoms with Crippen molar-refractivity contribution in [1.82, 2.24) is 9.13 Å². The van der Waals surface area contributed by atoms with E-state index in [2.05, 4.69) is 0 Å². The minimum Gasteiger partial charge on any atom is -0.394 e. The molecule has 2 N–H and O–H groups in total. The fraction of sp³-hybridized carbons (Fsp3) is 0.615. The normalized spacial score (nSPS) is 24.6.